The van der Waals surface area contributed by atoms with Gasteiger partial charge in [0, 0.05) is 6.07 Å². The molecule has 0 saturated heterocycles. The molecule has 6 nitrogen and oxygen atoms in total. The smallest absolute Gasteiger partial charge is 0.347 e. The Morgan fingerprint density at radius 3 is 2.62 bits per heavy atom. The number of phenolic OH excluding ortho intramolecular Hbond substituents is 1. The number of nitrogens with one attached hydrogen (secondary N) is 1. The van der Waals surface area contributed by atoms with Crippen molar-refractivity contribution in [3.05, 3.63) is 39.8 Å². The van der Waals surface area contributed by atoms with Crippen LogP contribution >= 0.6 is 11.3 Å². The average Bonchev–Trinajstić information content (AvgIpc) is 2.76. The SMILES string of the molecule is Cc1csc(C(=O)O)c1S(=O)(=O)Nc1ccc(O)c(F)c1. The molecule has 0 aliphatic carbocycles. The van der Waals surface area contributed by atoms with E-state index >= 15 is 0 Å². The van der Waals surface area contributed by atoms with Crippen LogP contribution in [0.2, 0.25) is 0 Å². The number of halogens is 1. The van der Waals surface area contributed by atoms with E-state index in [0.29, 0.717) is 0 Å². The van der Waals surface area contributed by atoms with Gasteiger partial charge in [0.05, 0.1) is 5.69 Å². The molecule has 0 radical (unpaired) electrons. The molecule has 0 bridgehead atoms. The first-order valence-electron chi connectivity index (χ1n) is 5.55. The van der Waals surface area contributed by atoms with Gasteiger partial charge in [-0.2, -0.15) is 0 Å². The minimum Gasteiger partial charge on any atom is -0.505 e. The van der Waals surface area contributed by atoms with Crippen molar-refractivity contribution in [2.45, 2.75) is 11.8 Å². The van der Waals surface area contributed by atoms with Crippen molar-refractivity contribution < 1.29 is 27.8 Å². The second-order valence-electron chi connectivity index (χ2n) is 4.15. The molecule has 0 spiro atoms. The predicted octanol–water partition coefficient (Wildman–Crippen LogP) is 2.40. The number of carbonyl (C=O) groups is 1. The number of hydrogen-bond donors (Lipinski definition) is 3. The molecule has 0 unspecified atom stereocenters. The molecule has 0 amide bonds. The Morgan fingerprint density at radius 1 is 1.38 bits per heavy atom. The van der Waals surface area contributed by atoms with Crippen molar-refractivity contribution >= 4 is 33.0 Å². The monoisotopic (exact) mass is 331 g/mol. The Balaban J connectivity index is 2.45. The van der Waals surface area contributed by atoms with Crippen LogP contribution in [0.4, 0.5) is 10.1 Å². The number of hydrogen-bond acceptors (Lipinski definition) is 5. The summed E-state index contributed by atoms with van der Waals surface area (Å²) in [6.45, 7) is 1.47. The van der Waals surface area contributed by atoms with Gasteiger partial charge in [-0.1, -0.05) is 0 Å². The zero-order valence-electron chi connectivity index (χ0n) is 10.6. The second-order valence-corrected chi connectivity index (χ2v) is 6.65. The molecule has 112 valence electrons. The molecule has 2 aromatic rings. The fourth-order valence-electron chi connectivity index (χ4n) is 1.69. The highest BCUT2D eigenvalue weighted by Crippen LogP contribution is 2.29. The third-order valence-electron chi connectivity index (χ3n) is 2.58. The summed E-state index contributed by atoms with van der Waals surface area (Å²) in [6.07, 6.45) is 0. The summed E-state index contributed by atoms with van der Waals surface area (Å²) in [7, 11) is -4.17. The van der Waals surface area contributed by atoms with Crippen molar-refractivity contribution in [2.24, 2.45) is 0 Å². The van der Waals surface area contributed by atoms with E-state index in [9.17, 15) is 17.6 Å². The van der Waals surface area contributed by atoms with Gasteiger partial charge in [0.25, 0.3) is 10.0 Å². The first-order valence-corrected chi connectivity index (χ1v) is 7.91. The minimum absolute atomic E-state index is 0.118. The van der Waals surface area contributed by atoms with Crippen LogP contribution in [0.1, 0.15) is 15.2 Å². The number of carboxylic acids is 1. The average molecular weight is 331 g/mol. The van der Waals surface area contributed by atoms with E-state index in [4.69, 9.17) is 10.2 Å². The third kappa shape index (κ3) is 2.98. The molecule has 9 heteroatoms. The first kappa shape index (κ1) is 15.3. The summed E-state index contributed by atoms with van der Waals surface area (Å²) >= 11 is 0.795. The van der Waals surface area contributed by atoms with E-state index in [1.807, 2.05) is 0 Å². The largest absolute Gasteiger partial charge is 0.505 e. The summed E-state index contributed by atoms with van der Waals surface area (Å²) in [4.78, 5) is 10.4. The van der Waals surface area contributed by atoms with E-state index in [2.05, 4.69) is 4.72 Å². The zero-order chi connectivity index (χ0) is 15.8. The minimum atomic E-state index is -4.17. The van der Waals surface area contributed by atoms with Crippen LogP contribution in [0.5, 0.6) is 5.75 Å². The van der Waals surface area contributed by atoms with Crippen LogP contribution in [0, 0.1) is 12.7 Å². The fraction of sp³-hybridized carbons (Fsp3) is 0.0833. The van der Waals surface area contributed by atoms with E-state index in [1.54, 1.807) is 0 Å². The number of rotatable bonds is 4. The number of aryl methyl sites for hydroxylation is 1. The number of aromatic carboxylic acids is 1. The van der Waals surface area contributed by atoms with Gasteiger partial charge in [0.2, 0.25) is 0 Å². The molecule has 1 aromatic heterocycles. The van der Waals surface area contributed by atoms with Gasteiger partial charge in [-0.3, -0.25) is 4.72 Å². The maximum Gasteiger partial charge on any atom is 0.347 e. The highest BCUT2D eigenvalue weighted by Gasteiger charge is 2.27. The standard InChI is InChI=1S/C12H10FNO5S2/c1-6-5-20-10(12(16)17)11(6)21(18,19)14-7-2-3-9(15)8(13)4-7/h2-5,14-15H,1H3,(H,16,17). The van der Waals surface area contributed by atoms with Gasteiger partial charge in [-0.15, -0.1) is 11.3 Å². The molecule has 3 N–H and O–H groups in total. The number of phenols is 1. The van der Waals surface area contributed by atoms with Crippen molar-refractivity contribution in [3.63, 3.8) is 0 Å². The molecule has 2 rings (SSSR count). The van der Waals surface area contributed by atoms with Gasteiger partial charge < -0.3 is 10.2 Å². The van der Waals surface area contributed by atoms with E-state index in [1.165, 1.54) is 12.3 Å². The summed E-state index contributed by atoms with van der Waals surface area (Å²) in [5.74, 6) is -2.96. The van der Waals surface area contributed by atoms with Crippen molar-refractivity contribution in [1.29, 1.82) is 0 Å². The Labute approximate surface area is 123 Å². The van der Waals surface area contributed by atoms with Crippen molar-refractivity contribution in [2.75, 3.05) is 4.72 Å². The summed E-state index contributed by atoms with van der Waals surface area (Å²) < 4.78 is 39.8. The molecule has 0 saturated carbocycles. The van der Waals surface area contributed by atoms with Crippen molar-refractivity contribution in [1.82, 2.24) is 0 Å². The van der Waals surface area contributed by atoms with Crippen LogP contribution in [-0.2, 0) is 10.0 Å². The highest BCUT2D eigenvalue weighted by molar-refractivity contribution is 7.93. The number of thiophene rings is 1. The van der Waals surface area contributed by atoms with Gasteiger partial charge in [-0.25, -0.2) is 17.6 Å². The third-order valence-corrected chi connectivity index (χ3v) is 5.36. The first-order chi connectivity index (χ1) is 9.72. The lowest BCUT2D eigenvalue weighted by Crippen LogP contribution is -2.16. The highest BCUT2D eigenvalue weighted by atomic mass is 32.2. The van der Waals surface area contributed by atoms with Crippen LogP contribution < -0.4 is 4.72 Å². The Bertz CT molecular complexity index is 813. The predicted molar refractivity (Wildman–Crippen MR) is 74.9 cm³/mol. The Hall–Kier alpha value is -2.13. The second kappa shape index (κ2) is 5.34. The van der Waals surface area contributed by atoms with E-state index < -0.39 is 27.6 Å². The van der Waals surface area contributed by atoms with Crippen LogP contribution in [0.25, 0.3) is 0 Å². The molecule has 21 heavy (non-hydrogen) atoms. The topological polar surface area (TPSA) is 104 Å². The zero-order valence-corrected chi connectivity index (χ0v) is 12.3. The van der Waals surface area contributed by atoms with Crippen molar-refractivity contribution in [3.8, 4) is 5.75 Å². The number of benzene rings is 1. The van der Waals surface area contributed by atoms with Crippen LogP contribution in [0.3, 0.4) is 0 Å². The molecule has 0 aliphatic rings. The normalized spacial score (nSPS) is 11.3. The van der Waals surface area contributed by atoms with E-state index in [0.717, 1.165) is 29.5 Å². The van der Waals surface area contributed by atoms with Crippen LogP contribution in [0.15, 0.2) is 28.5 Å². The number of carboxylic acid groups (broad SMARTS) is 1. The quantitative estimate of drug-likeness (QED) is 0.746. The van der Waals surface area contributed by atoms with Gasteiger partial charge in [0.1, 0.15) is 9.77 Å². The number of aromatic hydroxyl groups is 1. The fourth-order valence-corrected chi connectivity index (χ4v) is 4.37. The molecule has 0 fully saturated rings. The summed E-state index contributed by atoms with van der Waals surface area (Å²) in [5, 5.41) is 19.5. The number of sulfonamides is 1. The maximum absolute atomic E-state index is 13.2. The molecule has 0 atom stereocenters. The van der Waals surface area contributed by atoms with Gasteiger partial charge in [0.15, 0.2) is 11.6 Å². The molecular weight excluding hydrogens is 321 g/mol. The lowest BCUT2D eigenvalue weighted by Gasteiger charge is -2.09. The van der Waals surface area contributed by atoms with Crippen LogP contribution in [-0.4, -0.2) is 24.6 Å². The Morgan fingerprint density at radius 2 is 2.05 bits per heavy atom. The number of anilines is 1. The Kier molecular flexibility index (Phi) is 3.88. The molecular formula is C12H10FNO5S2. The molecule has 1 heterocycles. The summed E-state index contributed by atoms with van der Waals surface area (Å²) in [5.41, 5.74) is 0.163. The van der Waals surface area contributed by atoms with Gasteiger partial charge in [-0.05, 0) is 30.0 Å². The van der Waals surface area contributed by atoms with Gasteiger partial charge >= 0.3 is 5.97 Å². The maximum atomic E-state index is 13.2. The lowest BCUT2D eigenvalue weighted by atomic mass is 10.3. The molecule has 0 aliphatic heterocycles. The van der Waals surface area contributed by atoms with E-state index in [-0.39, 0.29) is 21.0 Å². The summed E-state index contributed by atoms with van der Waals surface area (Å²) in [6, 6.07) is 2.96. The molecule has 1 aromatic carbocycles. The lowest BCUT2D eigenvalue weighted by molar-refractivity contribution is 0.0698.